The SMILES string of the molecule is CS(=O)(=O)CCCNC(=O)c1cc(S)ccc1Br. The number of benzene rings is 1. The van der Waals surface area contributed by atoms with Crippen molar-refractivity contribution in [3.8, 4) is 0 Å². The van der Waals surface area contributed by atoms with Gasteiger partial charge in [0.15, 0.2) is 0 Å². The zero-order valence-corrected chi connectivity index (χ0v) is 13.1. The second-order valence-corrected chi connectivity index (χ2v) is 7.53. The Bertz CT molecular complexity index is 543. The molecule has 0 fully saturated rings. The van der Waals surface area contributed by atoms with Crippen molar-refractivity contribution in [3.05, 3.63) is 28.2 Å². The molecule has 0 aliphatic carbocycles. The number of rotatable bonds is 5. The Morgan fingerprint density at radius 3 is 2.72 bits per heavy atom. The highest BCUT2D eigenvalue weighted by Gasteiger charge is 2.10. The molecule has 4 nitrogen and oxygen atoms in total. The molecule has 0 bridgehead atoms. The van der Waals surface area contributed by atoms with Crippen molar-refractivity contribution in [2.75, 3.05) is 18.6 Å². The van der Waals surface area contributed by atoms with E-state index in [1.54, 1.807) is 18.2 Å². The van der Waals surface area contributed by atoms with Crippen LogP contribution in [0.15, 0.2) is 27.6 Å². The number of thiol groups is 1. The monoisotopic (exact) mass is 351 g/mol. The Kier molecular flexibility index (Phi) is 5.68. The van der Waals surface area contributed by atoms with E-state index in [9.17, 15) is 13.2 Å². The minimum absolute atomic E-state index is 0.0705. The fraction of sp³-hybridized carbons (Fsp3) is 0.364. The van der Waals surface area contributed by atoms with Crippen LogP contribution in [-0.4, -0.2) is 32.9 Å². The summed E-state index contributed by atoms with van der Waals surface area (Å²) >= 11 is 7.44. The largest absolute Gasteiger partial charge is 0.352 e. The van der Waals surface area contributed by atoms with Crippen LogP contribution in [0.1, 0.15) is 16.8 Å². The van der Waals surface area contributed by atoms with E-state index in [1.165, 1.54) is 6.26 Å². The standard InChI is InChI=1S/C11H14BrNO3S2/c1-18(15,16)6-2-5-13-11(14)9-7-8(17)3-4-10(9)12/h3-4,7,17H,2,5-6H2,1H3,(H,13,14). The quantitative estimate of drug-likeness (QED) is 0.629. The minimum Gasteiger partial charge on any atom is -0.352 e. The molecule has 1 rings (SSSR count). The van der Waals surface area contributed by atoms with Gasteiger partial charge in [0.25, 0.3) is 5.91 Å². The lowest BCUT2D eigenvalue weighted by Crippen LogP contribution is -2.26. The first-order valence-corrected chi connectivity index (χ1v) is 8.54. The topological polar surface area (TPSA) is 63.2 Å². The van der Waals surface area contributed by atoms with Crippen molar-refractivity contribution < 1.29 is 13.2 Å². The lowest BCUT2D eigenvalue weighted by Gasteiger charge is -2.07. The lowest BCUT2D eigenvalue weighted by molar-refractivity contribution is 0.0952. The summed E-state index contributed by atoms with van der Waals surface area (Å²) in [4.78, 5) is 12.5. The van der Waals surface area contributed by atoms with Crippen LogP contribution < -0.4 is 5.32 Å². The third-order valence-electron chi connectivity index (χ3n) is 2.17. The average Bonchev–Trinajstić information content (AvgIpc) is 2.26. The lowest BCUT2D eigenvalue weighted by atomic mass is 10.2. The molecule has 1 aromatic rings. The fourth-order valence-corrected chi connectivity index (χ4v) is 2.62. The molecule has 0 aliphatic heterocycles. The third kappa shape index (κ3) is 5.41. The smallest absolute Gasteiger partial charge is 0.252 e. The maximum atomic E-state index is 11.8. The second kappa shape index (κ2) is 6.58. The van der Waals surface area contributed by atoms with Gasteiger partial charge >= 0.3 is 0 Å². The molecular formula is C11H14BrNO3S2. The number of sulfone groups is 1. The second-order valence-electron chi connectivity index (χ2n) is 3.90. The summed E-state index contributed by atoms with van der Waals surface area (Å²) in [6, 6.07) is 5.17. The van der Waals surface area contributed by atoms with Gasteiger partial charge < -0.3 is 5.32 Å². The normalized spacial score (nSPS) is 11.3. The number of carbonyl (C=O) groups is 1. The van der Waals surface area contributed by atoms with E-state index >= 15 is 0 Å². The highest BCUT2D eigenvalue weighted by atomic mass is 79.9. The Morgan fingerprint density at radius 1 is 1.44 bits per heavy atom. The van der Waals surface area contributed by atoms with E-state index in [0.29, 0.717) is 27.9 Å². The van der Waals surface area contributed by atoms with Crippen molar-refractivity contribution in [3.63, 3.8) is 0 Å². The van der Waals surface area contributed by atoms with Gasteiger partial charge in [-0.1, -0.05) is 0 Å². The molecule has 0 atom stereocenters. The Labute approximate surface area is 121 Å². The highest BCUT2D eigenvalue weighted by molar-refractivity contribution is 9.10. The number of nitrogens with one attached hydrogen (secondary N) is 1. The van der Waals surface area contributed by atoms with Crippen LogP contribution in [-0.2, 0) is 9.84 Å². The summed E-state index contributed by atoms with van der Waals surface area (Å²) in [5, 5.41) is 2.67. The third-order valence-corrected chi connectivity index (χ3v) is 4.17. The van der Waals surface area contributed by atoms with E-state index in [0.717, 1.165) is 0 Å². The molecule has 0 saturated carbocycles. The Morgan fingerprint density at radius 2 is 2.11 bits per heavy atom. The molecule has 0 spiro atoms. The molecule has 18 heavy (non-hydrogen) atoms. The van der Waals surface area contributed by atoms with Gasteiger partial charge in [-0.3, -0.25) is 4.79 Å². The van der Waals surface area contributed by atoms with Gasteiger partial charge in [-0.15, -0.1) is 12.6 Å². The Hall–Kier alpha value is -0.530. The van der Waals surface area contributed by atoms with Crippen LogP contribution in [0.25, 0.3) is 0 Å². The van der Waals surface area contributed by atoms with Gasteiger partial charge in [-0.05, 0) is 40.5 Å². The van der Waals surface area contributed by atoms with E-state index in [4.69, 9.17) is 0 Å². The van der Waals surface area contributed by atoms with Gasteiger partial charge in [0, 0.05) is 22.2 Å². The van der Waals surface area contributed by atoms with Crippen molar-refractivity contribution in [1.29, 1.82) is 0 Å². The van der Waals surface area contributed by atoms with Crippen LogP contribution >= 0.6 is 28.6 Å². The molecule has 0 aromatic heterocycles. The predicted octanol–water partition coefficient (Wildman–Crippen LogP) is 1.90. The van der Waals surface area contributed by atoms with Crippen LogP contribution in [0.3, 0.4) is 0 Å². The summed E-state index contributed by atoms with van der Waals surface area (Å²) in [5.41, 5.74) is 0.488. The van der Waals surface area contributed by atoms with Gasteiger partial charge in [0.2, 0.25) is 0 Å². The summed E-state index contributed by atoms with van der Waals surface area (Å²) in [6.45, 7) is 0.329. The minimum atomic E-state index is -2.97. The molecule has 1 amide bonds. The molecule has 1 N–H and O–H groups in total. The molecular weight excluding hydrogens is 338 g/mol. The Balaban J connectivity index is 2.53. The summed E-state index contributed by atoms with van der Waals surface area (Å²) in [5.74, 6) is -0.174. The number of hydrogen-bond donors (Lipinski definition) is 2. The maximum Gasteiger partial charge on any atom is 0.252 e. The number of hydrogen-bond acceptors (Lipinski definition) is 4. The van der Waals surface area contributed by atoms with E-state index in [2.05, 4.69) is 33.9 Å². The maximum absolute atomic E-state index is 11.8. The van der Waals surface area contributed by atoms with Gasteiger partial charge in [0.05, 0.1) is 11.3 Å². The van der Waals surface area contributed by atoms with Crippen LogP contribution in [0, 0.1) is 0 Å². The number of halogens is 1. The average molecular weight is 352 g/mol. The first-order valence-electron chi connectivity index (χ1n) is 5.24. The van der Waals surface area contributed by atoms with Crippen LogP contribution in [0.4, 0.5) is 0 Å². The molecule has 0 heterocycles. The molecule has 7 heteroatoms. The van der Waals surface area contributed by atoms with Crippen LogP contribution in [0.2, 0.25) is 0 Å². The summed E-state index contributed by atoms with van der Waals surface area (Å²) in [7, 11) is -2.97. The zero-order chi connectivity index (χ0) is 13.8. The van der Waals surface area contributed by atoms with Crippen molar-refractivity contribution in [1.82, 2.24) is 5.32 Å². The fourth-order valence-electron chi connectivity index (χ4n) is 1.32. The van der Waals surface area contributed by atoms with Crippen LogP contribution in [0.5, 0.6) is 0 Å². The van der Waals surface area contributed by atoms with Gasteiger partial charge in [0.1, 0.15) is 9.84 Å². The van der Waals surface area contributed by atoms with Gasteiger partial charge in [-0.2, -0.15) is 0 Å². The molecule has 0 aliphatic rings. The van der Waals surface area contributed by atoms with Gasteiger partial charge in [-0.25, -0.2) is 8.42 Å². The molecule has 1 aromatic carbocycles. The van der Waals surface area contributed by atoms with Crippen molar-refractivity contribution in [2.24, 2.45) is 0 Å². The van der Waals surface area contributed by atoms with E-state index in [1.807, 2.05) is 0 Å². The zero-order valence-electron chi connectivity index (χ0n) is 9.81. The highest BCUT2D eigenvalue weighted by Crippen LogP contribution is 2.20. The van der Waals surface area contributed by atoms with E-state index < -0.39 is 9.84 Å². The predicted molar refractivity (Wildman–Crippen MR) is 78.1 cm³/mol. The van der Waals surface area contributed by atoms with Crippen molar-refractivity contribution >= 4 is 44.3 Å². The first kappa shape index (κ1) is 15.5. The van der Waals surface area contributed by atoms with Crippen molar-refractivity contribution in [2.45, 2.75) is 11.3 Å². The summed E-state index contributed by atoms with van der Waals surface area (Å²) < 4.78 is 22.5. The molecule has 0 radical (unpaired) electrons. The number of amides is 1. The first-order chi connectivity index (χ1) is 8.29. The molecule has 100 valence electrons. The molecule has 0 saturated heterocycles. The number of carbonyl (C=O) groups excluding carboxylic acids is 1. The summed E-state index contributed by atoms with van der Waals surface area (Å²) in [6.07, 6.45) is 1.58. The molecule has 0 unspecified atom stereocenters. The van der Waals surface area contributed by atoms with E-state index in [-0.39, 0.29) is 11.7 Å².